The Labute approximate surface area is 178 Å². The van der Waals surface area contributed by atoms with E-state index in [0.29, 0.717) is 6.04 Å². The molecule has 0 bridgehead atoms. The molecule has 0 aromatic heterocycles. The van der Waals surface area contributed by atoms with E-state index in [1.807, 2.05) is 0 Å². The SMILES string of the molecule is CC(C)(C)[Si](C)(C)OCC1CN(Cc2ccccc2)CCN1Cc1ccccc1. The zero-order valence-electron chi connectivity index (χ0n) is 18.9. The van der Waals surface area contributed by atoms with Crippen molar-refractivity contribution >= 4 is 8.32 Å². The van der Waals surface area contributed by atoms with Crippen LogP contribution in [0.3, 0.4) is 0 Å². The zero-order chi connectivity index (χ0) is 20.9. The fourth-order valence-electron chi connectivity index (χ4n) is 3.65. The molecular weight excluding hydrogens is 372 g/mol. The van der Waals surface area contributed by atoms with Crippen molar-refractivity contribution in [2.24, 2.45) is 0 Å². The summed E-state index contributed by atoms with van der Waals surface area (Å²) >= 11 is 0. The standard InChI is InChI=1S/C25H38N2OSi/c1-25(2,3)29(4,5)28-21-24-20-26(18-22-12-8-6-9-13-22)16-17-27(24)19-23-14-10-7-11-15-23/h6-15,24H,16-21H2,1-5H3. The van der Waals surface area contributed by atoms with Crippen LogP contribution in [0.5, 0.6) is 0 Å². The van der Waals surface area contributed by atoms with Crippen LogP contribution in [0.1, 0.15) is 31.9 Å². The van der Waals surface area contributed by atoms with Crippen molar-refractivity contribution in [1.82, 2.24) is 9.80 Å². The second-order valence-electron chi connectivity index (χ2n) is 9.90. The molecule has 158 valence electrons. The maximum Gasteiger partial charge on any atom is 0.192 e. The van der Waals surface area contributed by atoms with Gasteiger partial charge in [-0.05, 0) is 29.3 Å². The number of rotatable bonds is 7. The van der Waals surface area contributed by atoms with Gasteiger partial charge in [-0.2, -0.15) is 0 Å². The Kier molecular flexibility index (Phi) is 7.33. The Hall–Kier alpha value is -1.46. The molecule has 1 atom stereocenters. The highest BCUT2D eigenvalue weighted by atomic mass is 28.4. The average Bonchev–Trinajstić information content (AvgIpc) is 2.69. The monoisotopic (exact) mass is 410 g/mol. The van der Waals surface area contributed by atoms with Gasteiger partial charge in [-0.3, -0.25) is 9.80 Å². The largest absolute Gasteiger partial charge is 0.415 e. The summed E-state index contributed by atoms with van der Waals surface area (Å²) in [5.41, 5.74) is 2.79. The molecule has 3 rings (SSSR count). The molecule has 2 aromatic carbocycles. The van der Waals surface area contributed by atoms with Crippen molar-refractivity contribution in [3.05, 3.63) is 71.8 Å². The molecule has 1 saturated heterocycles. The van der Waals surface area contributed by atoms with E-state index in [1.54, 1.807) is 0 Å². The molecule has 0 amide bonds. The summed E-state index contributed by atoms with van der Waals surface area (Å²) in [4.78, 5) is 5.22. The molecule has 1 aliphatic heterocycles. The fraction of sp³-hybridized carbons (Fsp3) is 0.520. The van der Waals surface area contributed by atoms with Gasteiger partial charge in [-0.15, -0.1) is 0 Å². The van der Waals surface area contributed by atoms with Crippen LogP contribution in [-0.2, 0) is 17.5 Å². The number of piperazine rings is 1. The van der Waals surface area contributed by atoms with Crippen molar-refractivity contribution in [2.45, 2.75) is 58.0 Å². The van der Waals surface area contributed by atoms with Crippen LogP contribution in [0, 0.1) is 0 Å². The molecule has 0 radical (unpaired) electrons. The highest BCUT2D eigenvalue weighted by molar-refractivity contribution is 6.74. The van der Waals surface area contributed by atoms with Gasteiger partial charge in [-0.25, -0.2) is 0 Å². The van der Waals surface area contributed by atoms with Crippen LogP contribution >= 0.6 is 0 Å². The van der Waals surface area contributed by atoms with E-state index in [0.717, 1.165) is 39.3 Å². The minimum atomic E-state index is -1.75. The van der Waals surface area contributed by atoms with E-state index >= 15 is 0 Å². The number of benzene rings is 2. The van der Waals surface area contributed by atoms with Gasteiger partial charge in [-0.1, -0.05) is 81.4 Å². The molecule has 1 unspecified atom stereocenters. The minimum absolute atomic E-state index is 0.246. The lowest BCUT2D eigenvalue weighted by Gasteiger charge is -2.44. The van der Waals surface area contributed by atoms with Crippen LogP contribution in [0.4, 0.5) is 0 Å². The van der Waals surface area contributed by atoms with Gasteiger partial charge in [0.15, 0.2) is 8.32 Å². The van der Waals surface area contributed by atoms with E-state index in [1.165, 1.54) is 11.1 Å². The maximum absolute atomic E-state index is 6.67. The topological polar surface area (TPSA) is 15.7 Å². The molecule has 1 fully saturated rings. The van der Waals surface area contributed by atoms with Crippen molar-refractivity contribution in [3.63, 3.8) is 0 Å². The van der Waals surface area contributed by atoms with Crippen LogP contribution in [0.15, 0.2) is 60.7 Å². The van der Waals surface area contributed by atoms with Crippen LogP contribution in [0.25, 0.3) is 0 Å². The maximum atomic E-state index is 6.67. The van der Waals surface area contributed by atoms with E-state index in [2.05, 4.69) is 104 Å². The van der Waals surface area contributed by atoms with Crippen molar-refractivity contribution < 1.29 is 4.43 Å². The minimum Gasteiger partial charge on any atom is -0.415 e. The summed E-state index contributed by atoms with van der Waals surface area (Å²) in [5, 5.41) is 0.246. The quantitative estimate of drug-likeness (QED) is 0.569. The first kappa shape index (κ1) is 22.2. The van der Waals surface area contributed by atoms with Crippen LogP contribution in [0.2, 0.25) is 18.1 Å². The summed E-state index contributed by atoms with van der Waals surface area (Å²) in [7, 11) is -1.75. The van der Waals surface area contributed by atoms with Gasteiger partial charge in [0.1, 0.15) is 0 Å². The number of nitrogens with zero attached hydrogens (tertiary/aromatic N) is 2. The first-order valence-corrected chi connectivity index (χ1v) is 13.8. The third-order valence-electron chi connectivity index (χ3n) is 6.61. The van der Waals surface area contributed by atoms with Gasteiger partial charge in [0, 0.05) is 38.8 Å². The summed E-state index contributed by atoms with van der Waals surface area (Å²) in [6.45, 7) is 17.8. The number of hydrogen-bond donors (Lipinski definition) is 0. The molecule has 0 N–H and O–H groups in total. The predicted molar refractivity (Wildman–Crippen MR) is 126 cm³/mol. The third-order valence-corrected chi connectivity index (χ3v) is 11.1. The first-order valence-electron chi connectivity index (χ1n) is 10.9. The fourth-order valence-corrected chi connectivity index (χ4v) is 4.69. The Bertz CT molecular complexity index is 742. The van der Waals surface area contributed by atoms with Crippen molar-refractivity contribution in [3.8, 4) is 0 Å². The van der Waals surface area contributed by atoms with Gasteiger partial charge in [0.2, 0.25) is 0 Å². The molecule has 29 heavy (non-hydrogen) atoms. The lowest BCUT2D eigenvalue weighted by atomic mass is 10.1. The second kappa shape index (κ2) is 9.56. The normalized spacial score (nSPS) is 19.4. The van der Waals surface area contributed by atoms with Crippen LogP contribution < -0.4 is 0 Å². The van der Waals surface area contributed by atoms with Gasteiger partial charge in [0.25, 0.3) is 0 Å². The molecule has 0 saturated carbocycles. The van der Waals surface area contributed by atoms with Crippen molar-refractivity contribution in [2.75, 3.05) is 26.2 Å². The highest BCUT2D eigenvalue weighted by Gasteiger charge is 2.38. The molecular formula is C25H38N2OSi. The molecule has 2 aromatic rings. The Morgan fingerprint density at radius 1 is 0.862 bits per heavy atom. The summed E-state index contributed by atoms with van der Waals surface area (Å²) in [6, 6.07) is 22.1. The number of hydrogen-bond acceptors (Lipinski definition) is 3. The first-order chi connectivity index (χ1) is 13.7. The van der Waals surface area contributed by atoms with E-state index in [-0.39, 0.29) is 5.04 Å². The van der Waals surface area contributed by atoms with E-state index in [9.17, 15) is 0 Å². The average molecular weight is 411 g/mol. The Morgan fingerprint density at radius 2 is 1.41 bits per heavy atom. The molecule has 3 nitrogen and oxygen atoms in total. The predicted octanol–water partition coefficient (Wildman–Crippen LogP) is 5.39. The van der Waals surface area contributed by atoms with Gasteiger partial charge in [0.05, 0.1) is 6.61 Å². The summed E-state index contributed by atoms with van der Waals surface area (Å²) < 4.78 is 6.67. The lowest BCUT2D eigenvalue weighted by molar-refractivity contribution is 0.0344. The zero-order valence-corrected chi connectivity index (χ0v) is 19.9. The highest BCUT2D eigenvalue weighted by Crippen LogP contribution is 2.36. The molecule has 1 heterocycles. The second-order valence-corrected chi connectivity index (χ2v) is 14.7. The smallest absolute Gasteiger partial charge is 0.192 e. The Morgan fingerprint density at radius 3 is 1.97 bits per heavy atom. The molecule has 0 spiro atoms. The molecule has 0 aliphatic carbocycles. The summed E-state index contributed by atoms with van der Waals surface area (Å²) in [6.07, 6.45) is 0. The van der Waals surface area contributed by atoms with Crippen LogP contribution in [-0.4, -0.2) is 50.4 Å². The third kappa shape index (κ3) is 6.26. The summed E-state index contributed by atoms with van der Waals surface area (Å²) in [5.74, 6) is 0. The van der Waals surface area contributed by atoms with Crippen molar-refractivity contribution in [1.29, 1.82) is 0 Å². The van der Waals surface area contributed by atoms with Gasteiger partial charge < -0.3 is 4.43 Å². The van der Waals surface area contributed by atoms with Gasteiger partial charge >= 0.3 is 0 Å². The Balaban J connectivity index is 1.68. The van der Waals surface area contributed by atoms with E-state index < -0.39 is 8.32 Å². The lowest BCUT2D eigenvalue weighted by Crippen LogP contribution is -2.55. The molecule has 1 aliphatic rings. The molecule has 4 heteroatoms. The van der Waals surface area contributed by atoms with E-state index in [4.69, 9.17) is 4.43 Å².